The maximum absolute atomic E-state index is 12.7. The third kappa shape index (κ3) is 5.03. The summed E-state index contributed by atoms with van der Waals surface area (Å²) in [6.45, 7) is 7.83. The summed E-state index contributed by atoms with van der Waals surface area (Å²) < 4.78 is 33.4. The van der Waals surface area contributed by atoms with Crippen LogP contribution in [0.15, 0.2) is 28.0 Å². The van der Waals surface area contributed by atoms with Gasteiger partial charge in [-0.1, -0.05) is 0 Å². The summed E-state index contributed by atoms with van der Waals surface area (Å²) in [5.41, 5.74) is 0.684. The molecule has 3 rings (SSSR count). The molecule has 1 aromatic carbocycles. The molecule has 1 N–H and O–H groups in total. The number of hydrogen-bond donors (Lipinski definition) is 1. The van der Waals surface area contributed by atoms with Crippen LogP contribution in [0.3, 0.4) is 0 Å². The van der Waals surface area contributed by atoms with E-state index in [2.05, 4.69) is 16.5 Å². The Hall–Kier alpha value is -1.13. The molecule has 1 saturated heterocycles. The van der Waals surface area contributed by atoms with Crippen LogP contribution in [0.2, 0.25) is 0 Å². The molecule has 0 bridgehead atoms. The highest BCUT2D eigenvalue weighted by Crippen LogP contribution is 2.36. The molecule has 9 heteroatoms. The molecule has 2 aliphatic heterocycles. The smallest absolute Gasteiger partial charge is 0.240 e. The van der Waals surface area contributed by atoms with Gasteiger partial charge in [-0.15, -0.1) is 11.8 Å². The van der Waals surface area contributed by atoms with Crippen LogP contribution in [-0.2, 0) is 19.6 Å². The maximum atomic E-state index is 12.7. The maximum Gasteiger partial charge on any atom is 0.240 e. The van der Waals surface area contributed by atoms with Crippen LogP contribution in [0.1, 0.15) is 20.3 Å². The highest BCUT2D eigenvalue weighted by molar-refractivity contribution is 7.99. The SMILES string of the molecule is CC(=O)N1CCSc2ccc(S(=O)(=O)NCCC(C)N3CCOCC3)cc21. The summed E-state index contributed by atoms with van der Waals surface area (Å²) in [5.74, 6) is 0.745. The molecule has 0 spiro atoms. The number of rotatable bonds is 6. The molecule has 2 heterocycles. The first kappa shape index (κ1) is 20.6. The summed E-state index contributed by atoms with van der Waals surface area (Å²) in [6, 6.07) is 5.31. The van der Waals surface area contributed by atoms with Gasteiger partial charge in [-0.3, -0.25) is 9.69 Å². The van der Waals surface area contributed by atoms with E-state index >= 15 is 0 Å². The van der Waals surface area contributed by atoms with Crippen molar-refractivity contribution in [3.63, 3.8) is 0 Å². The van der Waals surface area contributed by atoms with E-state index in [-0.39, 0.29) is 10.8 Å². The Bertz CT molecular complexity index is 779. The number of amides is 1. The van der Waals surface area contributed by atoms with Crippen LogP contribution in [0, 0.1) is 0 Å². The van der Waals surface area contributed by atoms with Crippen molar-refractivity contribution in [2.75, 3.05) is 50.0 Å². The predicted molar refractivity (Wildman–Crippen MR) is 107 cm³/mol. The van der Waals surface area contributed by atoms with Crippen molar-refractivity contribution in [1.82, 2.24) is 9.62 Å². The van der Waals surface area contributed by atoms with Gasteiger partial charge in [-0.05, 0) is 31.5 Å². The van der Waals surface area contributed by atoms with E-state index in [4.69, 9.17) is 4.74 Å². The van der Waals surface area contributed by atoms with E-state index in [1.807, 2.05) is 0 Å². The number of morpholine rings is 1. The zero-order chi connectivity index (χ0) is 19.4. The number of nitrogens with zero attached hydrogens (tertiary/aromatic N) is 2. The third-order valence-electron chi connectivity index (χ3n) is 5.01. The van der Waals surface area contributed by atoms with E-state index in [1.54, 1.807) is 34.9 Å². The summed E-state index contributed by atoms with van der Waals surface area (Å²) in [6.07, 6.45) is 0.736. The molecule has 1 atom stereocenters. The topological polar surface area (TPSA) is 79.0 Å². The van der Waals surface area contributed by atoms with E-state index in [0.717, 1.165) is 43.4 Å². The molecule has 1 amide bonds. The zero-order valence-electron chi connectivity index (χ0n) is 15.8. The molecule has 0 radical (unpaired) electrons. The van der Waals surface area contributed by atoms with Gasteiger partial charge in [-0.25, -0.2) is 13.1 Å². The highest BCUT2D eigenvalue weighted by atomic mass is 32.2. The van der Waals surface area contributed by atoms with Gasteiger partial charge in [0.2, 0.25) is 15.9 Å². The predicted octanol–water partition coefficient (Wildman–Crippen LogP) is 1.53. The van der Waals surface area contributed by atoms with Crippen LogP contribution in [0.25, 0.3) is 0 Å². The molecule has 0 aromatic heterocycles. The Kier molecular flexibility index (Phi) is 6.80. The minimum Gasteiger partial charge on any atom is -0.379 e. The number of nitrogens with one attached hydrogen (secondary N) is 1. The van der Waals surface area contributed by atoms with Crippen LogP contribution < -0.4 is 9.62 Å². The van der Waals surface area contributed by atoms with Gasteiger partial charge in [0.25, 0.3) is 0 Å². The molecule has 0 saturated carbocycles. The van der Waals surface area contributed by atoms with Crippen molar-refractivity contribution in [2.24, 2.45) is 0 Å². The van der Waals surface area contributed by atoms with Crippen molar-refractivity contribution >= 4 is 33.4 Å². The van der Waals surface area contributed by atoms with Crippen LogP contribution >= 0.6 is 11.8 Å². The van der Waals surface area contributed by atoms with Crippen molar-refractivity contribution in [2.45, 2.75) is 36.1 Å². The minimum absolute atomic E-state index is 0.0709. The van der Waals surface area contributed by atoms with Gasteiger partial charge in [0.05, 0.1) is 23.8 Å². The molecule has 150 valence electrons. The Labute approximate surface area is 165 Å². The van der Waals surface area contributed by atoms with Gasteiger partial charge in [0.1, 0.15) is 0 Å². The second-order valence-corrected chi connectivity index (χ2v) is 9.74. The van der Waals surface area contributed by atoms with Crippen LogP contribution in [0.4, 0.5) is 5.69 Å². The fraction of sp³-hybridized carbons (Fsp3) is 0.611. The van der Waals surface area contributed by atoms with Crippen molar-refractivity contribution in [3.05, 3.63) is 18.2 Å². The van der Waals surface area contributed by atoms with E-state index in [1.165, 1.54) is 6.92 Å². The largest absolute Gasteiger partial charge is 0.379 e. The van der Waals surface area contributed by atoms with Crippen molar-refractivity contribution < 1.29 is 17.9 Å². The first-order valence-electron chi connectivity index (χ1n) is 9.25. The lowest BCUT2D eigenvalue weighted by Gasteiger charge is -2.32. The number of sulfonamides is 1. The van der Waals surface area contributed by atoms with E-state index in [9.17, 15) is 13.2 Å². The quantitative estimate of drug-likeness (QED) is 0.762. The number of carbonyl (C=O) groups is 1. The molecule has 1 unspecified atom stereocenters. The molecule has 27 heavy (non-hydrogen) atoms. The van der Waals surface area contributed by atoms with E-state index in [0.29, 0.717) is 24.8 Å². The summed E-state index contributed by atoms with van der Waals surface area (Å²) in [5, 5.41) is 0. The average molecular weight is 414 g/mol. The number of benzene rings is 1. The molecule has 1 aromatic rings. The monoisotopic (exact) mass is 413 g/mol. The number of carbonyl (C=O) groups excluding carboxylic acids is 1. The molecular weight excluding hydrogens is 386 g/mol. The third-order valence-corrected chi connectivity index (χ3v) is 7.51. The van der Waals surface area contributed by atoms with Crippen molar-refractivity contribution in [3.8, 4) is 0 Å². The standard InChI is InChI=1S/C18H27N3O4S2/c1-14(20-7-10-25-11-8-20)5-6-19-27(23,24)16-3-4-18-17(13-16)21(15(2)22)9-12-26-18/h3-4,13-14,19H,5-12H2,1-2H3. The minimum atomic E-state index is -3.61. The normalized spacial score (nSPS) is 19.6. The Morgan fingerprint density at radius 3 is 2.74 bits per heavy atom. The average Bonchev–Trinajstić information content (AvgIpc) is 2.67. The lowest BCUT2D eigenvalue weighted by Crippen LogP contribution is -2.43. The van der Waals surface area contributed by atoms with Crippen LogP contribution in [-0.4, -0.2) is 70.4 Å². The Morgan fingerprint density at radius 2 is 2.04 bits per heavy atom. The van der Waals surface area contributed by atoms with Gasteiger partial charge >= 0.3 is 0 Å². The highest BCUT2D eigenvalue weighted by Gasteiger charge is 2.24. The molecular formula is C18H27N3O4S2. The summed E-state index contributed by atoms with van der Waals surface area (Å²) in [7, 11) is -3.61. The fourth-order valence-corrected chi connectivity index (χ4v) is 5.42. The van der Waals surface area contributed by atoms with Gasteiger partial charge in [-0.2, -0.15) is 0 Å². The van der Waals surface area contributed by atoms with Crippen LogP contribution in [0.5, 0.6) is 0 Å². The van der Waals surface area contributed by atoms with Gasteiger partial charge in [0, 0.05) is 49.8 Å². The van der Waals surface area contributed by atoms with E-state index < -0.39 is 10.0 Å². The summed E-state index contributed by atoms with van der Waals surface area (Å²) in [4.78, 5) is 17.0. The summed E-state index contributed by atoms with van der Waals surface area (Å²) >= 11 is 1.64. The fourth-order valence-electron chi connectivity index (χ4n) is 3.38. The first-order chi connectivity index (χ1) is 12.9. The lowest BCUT2D eigenvalue weighted by molar-refractivity contribution is -0.116. The number of ether oxygens (including phenoxy) is 1. The molecule has 7 nitrogen and oxygen atoms in total. The first-order valence-corrected chi connectivity index (χ1v) is 11.7. The van der Waals surface area contributed by atoms with Gasteiger partial charge in [0.15, 0.2) is 0 Å². The van der Waals surface area contributed by atoms with Crippen molar-refractivity contribution in [1.29, 1.82) is 0 Å². The Morgan fingerprint density at radius 1 is 1.30 bits per heavy atom. The lowest BCUT2D eigenvalue weighted by atomic mass is 10.2. The second-order valence-electron chi connectivity index (χ2n) is 6.83. The zero-order valence-corrected chi connectivity index (χ0v) is 17.4. The number of fused-ring (bicyclic) bond motifs is 1. The molecule has 1 fully saturated rings. The Balaban J connectivity index is 1.64. The van der Waals surface area contributed by atoms with Gasteiger partial charge < -0.3 is 9.64 Å². The molecule has 2 aliphatic rings. The molecule has 0 aliphatic carbocycles. The number of anilines is 1. The second kappa shape index (κ2) is 8.91. The number of hydrogen-bond acceptors (Lipinski definition) is 6. The number of thioether (sulfide) groups is 1.